The van der Waals surface area contributed by atoms with E-state index in [0.717, 1.165) is 6.08 Å². The molecule has 4 rings (SSSR count). The van der Waals surface area contributed by atoms with E-state index < -0.39 is 24.3 Å². The molecule has 0 saturated heterocycles. The van der Waals surface area contributed by atoms with Gasteiger partial charge < -0.3 is 29.2 Å². The van der Waals surface area contributed by atoms with Crippen LogP contribution >= 0.6 is 0 Å². The summed E-state index contributed by atoms with van der Waals surface area (Å²) < 4.78 is 22.1. The Labute approximate surface area is 195 Å². The highest BCUT2D eigenvalue weighted by Crippen LogP contribution is 2.36. The first-order valence-electron chi connectivity index (χ1n) is 10.6. The second-order valence-corrected chi connectivity index (χ2v) is 7.36. The van der Waals surface area contributed by atoms with E-state index in [0.29, 0.717) is 33.5 Å². The van der Waals surface area contributed by atoms with E-state index in [9.17, 15) is 14.7 Å². The highest BCUT2D eigenvalue weighted by Gasteiger charge is 2.28. The van der Waals surface area contributed by atoms with Gasteiger partial charge in [-0.25, -0.2) is 9.59 Å². The number of amides is 1. The summed E-state index contributed by atoms with van der Waals surface area (Å²) in [5.74, 6) is -0.0289. The molecule has 1 amide bonds. The molecule has 0 spiro atoms. The average molecular weight is 465 g/mol. The van der Waals surface area contributed by atoms with E-state index in [1.54, 1.807) is 55.5 Å². The molecule has 1 aliphatic rings. The molecular weight excluding hydrogens is 442 g/mol. The molecule has 0 unspecified atom stereocenters. The summed E-state index contributed by atoms with van der Waals surface area (Å²) in [7, 11) is 0. The van der Waals surface area contributed by atoms with E-state index in [1.807, 2.05) is 0 Å². The minimum Gasteiger partial charge on any atom is -0.507 e. The lowest BCUT2D eigenvalue weighted by Crippen LogP contribution is -2.28. The van der Waals surface area contributed by atoms with Crippen molar-refractivity contribution in [3.63, 3.8) is 0 Å². The molecule has 34 heavy (non-hydrogen) atoms. The van der Waals surface area contributed by atoms with Gasteiger partial charge >= 0.3 is 12.1 Å². The number of hydrogen-bond acceptors (Lipinski definition) is 7. The average Bonchev–Trinajstić information content (AvgIpc) is 3.29. The smallest absolute Gasteiger partial charge is 0.412 e. The highest BCUT2D eigenvalue weighted by atomic mass is 16.7. The zero-order valence-electron chi connectivity index (χ0n) is 18.3. The van der Waals surface area contributed by atoms with Gasteiger partial charge in [0.2, 0.25) is 6.79 Å². The van der Waals surface area contributed by atoms with Crippen molar-refractivity contribution in [1.29, 1.82) is 0 Å². The van der Waals surface area contributed by atoms with Crippen LogP contribution < -0.4 is 14.8 Å². The van der Waals surface area contributed by atoms with Gasteiger partial charge in [0.05, 0.1) is 0 Å². The topological polar surface area (TPSA) is 124 Å². The number of aliphatic carboxylic acids is 1. The number of benzene rings is 3. The van der Waals surface area contributed by atoms with E-state index in [1.165, 1.54) is 12.1 Å². The minimum absolute atomic E-state index is 0.0666. The molecule has 0 aromatic heterocycles. The summed E-state index contributed by atoms with van der Waals surface area (Å²) in [6.07, 6.45) is -0.442. The lowest BCUT2D eigenvalue weighted by molar-refractivity contribution is -0.131. The third kappa shape index (κ3) is 5.05. The molecule has 176 valence electrons. The van der Waals surface area contributed by atoms with Crippen molar-refractivity contribution in [3.05, 3.63) is 72.3 Å². The molecule has 9 nitrogen and oxygen atoms in total. The molecule has 3 N–H and O–H groups in total. The van der Waals surface area contributed by atoms with Gasteiger partial charge in [0.25, 0.3) is 0 Å². The summed E-state index contributed by atoms with van der Waals surface area (Å²) in [6, 6.07) is 15.1. The van der Waals surface area contributed by atoms with Crippen LogP contribution in [0.1, 0.15) is 18.6 Å². The Morgan fingerprint density at radius 1 is 1.09 bits per heavy atom. The van der Waals surface area contributed by atoms with Gasteiger partial charge in [-0.15, -0.1) is 0 Å². The normalized spacial score (nSPS) is 14.1. The number of carbonyl (C=O) groups is 2. The second kappa shape index (κ2) is 10.1. The predicted octanol–water partition coefficient (Wildman–Crippen LogP) is 4.61. The first-order chi connectivity index (χ1) is 16.5. The highest BCUT2D eigenvalue weighted by molar-refractivity contribution is 5.92. The molecule has 3 aromatic rings. The third-order valence-corrected chi connectivity index (χ3v) is 5.18. The molecule has 2 atom stereocenters. The van der Waals surface area contributed by atoms with E-state index >= 15 is 0 Å². The van der Waals surface area contributed by atoms with Crippen molar-refractivity contribution in [2.45, 2.75) is 19.1 Å². The largest absolute Gasteiger partial charge is 0.507 e. The molecule has 1 aliphatic heterocycles. The van der Waals surface area contributed by atoms with Crippen molar-refractivity contribution < 1.29 is 38.7 Å². The van der Waals surface area contributed by atoms with Crippen molar-refractivity contribution in [2.75, 3.05) is 18.7 Å². The van der Waals surface area contributed by atoms with E-state index in [-0.39, 0.29) is 19.1 Å². The van der Waals surface area contributed by atoms with Crippen LogP contribution in [0.4, 0.5) is 10.5 Å². The summed E-state index contributed by atoms with van der Waals surface area (Å²) in [4.78, 5) is 24.1. The minimum atomic E-state index is -1.16. The first-order valence-corrected chi connectivity index (χ1v) is 10.6. The van der Waals surface area contributed by atoms with Crippen LogP contribution in [0, 0.1) is 0 Å². The van der Waals surface area contributed by atoms with Crippen LogP contribution in [0.2, 0.25) is 0 Å². The number of nitrogens with one attached hydrogen (secondary N) is 1. The Balaban J connectivity index is 1.68. The fraction of sp³-hybridized carbons (Fsp3) is 0.200. The number of phenolic OH excluding ortho intramolecular Hbond substituents is 1. The Morgan fingerprint density at radius 2 is 1.85 bits per heavy atom. The first kappa shape index (κ1) is 22.9. The molecular formula is C25H23NO8. The van der Waals surface area contributed by atoms with E-state index in [2.05, 4.69) is 5.32 Å². The standard InChI is InChI=1S/C25H23NO8/c1-2-31-21(11-12-23(28)29)24(18-8-9-19(27)17-6-4-3-5-16(17)18)34-25(30)26-15-7-10-20-22(13-15)33-14-32-20/h3-13,21,24,27H,2,14H2,1H3,(H,26,30)(H,28,29)/b12-11+/t21-,24-/m0/s1. The number of anilines is 1. The van der Waals surface area contributed by atoms with Crippen LogP contribution in [-0.2, 0) is 14.3 Å². The Bertz CT molecular complexity index is 1240. The van der Waals surface area contributed by atoms with Gasteiger partial charge in [0, 0.05) is 35.4 Å². The molecule has 1 heterocycles. The van der Waals surface area contributed by atoms with Crippen LogP contribution in [0.5, 0.6) is 17.2 Å². The second-order valence-electron chi connectivity index (χ2n) is 7.36. The monoisotopic (exact) mass is 465 g/mol. The maximum atomic E-state index is 12.9. The molecule has 3 aromatic carbocycles. The number of fused-ring (bicyclic) bond motifs is 2. The summed E-state index contributed by atoms with van der Waals surface area (Å²) in [6.45, 7) is 2.10. The quantitative estimate of drug-likeness (QED) is 0.412. The molecule has 0 bridgehead atoms. The number of carboxylic acids is 1. The van der Waals surface area contributed by atoms with Crippen molar-refractivity contribution in [1.82, 2.24) is 0 Å². The van der Waals surface area contributed by atoms with Crippen LogP contribution in [0.15, 0.2) is 66.7 Å². The molecule has 9 heteroatoms. The Kier molecular flexibility index (Phi) is 6.84. The SMILES string of the molecule is CCO[C@@H](/C=C/C(=O)O)[C@@H](OC(=O)Nc1ccc2c(c1)OCO2)c1ccc(O)c2ccccc12. The zero-order chi connectivity index (χ0) is 24.1. The van der Waals surface area contributed by atoms with Gasteiger partial charge in [0.1, 0.15) is 11.9 Å². The van der Waals surface area contributed by atoms with Crippen LogP contribution in [0.3, 0.4) is 0 Å². The number of rotatable bonds is 8. The van der Waals surface area contributed by atoms with Crippen LogP contribution in [-0.4, -0.2) is 41.8 Å². The molecule has 0 saturated carbocycles. The molecule has 0 aliphatic carbocycles. The maximum absolute atomic E-state index is 12.9. The fourth-order valence-corrected chi connectivity index (χ4v) is 3.71. The van der Waals surface area contributed by atoms with Crippen molar-refractivity contribution in [3.8, 4) is 17.2 Å². The van der Waals surface area contributed by atoms with Gasteiger partial charge in [-0.2, -0.15) is 0 Å². The summed E-state index contributed by atoms with van der Waals surface area (Å²) in [5, 5.41) is 23.3. The predicted molar refractivity (Wildman–Crippen MR) is 123 cm³/mol. The number of carboxylic acid groups (broad SMARTS) is 1. The number of aromatic hydroxyl groups is 1. The van der Waals surface area contributed by atoms with Gasteiger partial charge in [-0.3, -0.25) is 5.32 Å². The lowest BCUT2D eigenvalue weighted by Gasteiger charge is -2.26. The van der Waals surface area contributed by atoms with Crippen LogP contribution in [0.25, 0.3) is 10.8 Å². The number of carbonyl (C=O) groups excluding carboxylic acids is 1. The third-order valence-electron chi connectivity index (χ3n) is 5.18. The van der Waals surface area contributed by atoms with E-state index in [4.69, 9.17) is 24.1 Å². The lowest BCUT2D eigenvalue weighted by atomic mass is 9.96. The summed E-state index contributed by atoms with van der Waals surface area (Å²) >= 11 is 0. The summed E-state index contributed by atoms with van der Waals surface area (Å²) in [5.41, 5.74) is 0.973. The van der Waals surface area contributed by atoms with Gasteiger partial charge in [0.15, 0.2) is 17.6 Å². The maximum Gasteiger partial charge on any atom is 0.412 e. The van der Waals surface area contributed by atoms with Crippen molar-refractivity contribution >= 4 is 28.5 Å². The van der Waals surface area contributed by atoms with Gasteiger partial charge in [-0.1, -0.05) is 30.3 Å². The number of ether oxygens (including phenoxy) is 4. The fourth-order valence-electron chi connectivity index (χ4n) is 3.71. The van der Waals surface area contributed by atoms with Gasteiger partial charge in [-0.05, 0) is 36.6 Å². The van der Waals surface area contributed by atoms with Crippen molar-refractivity contribution in [2.24, 2.45) is 0 Å². The zero-order valence-corrected chi connectivity index (χ0v) is 18.3. The molecule has 0 radical (unpaired) electrons. The Morgan fingerprint density at radius 3 is 2.62 bits per heavy atom. The number of phenols is 1. The number of hydrogen-bond donors (Lipinski definition) is 3. The Hall–Kier alpha value is -4.24. The molecule has 0 fully saturated rings.